The van der Waals surface area contributed by atoms with Crippen molar-refractivity contribution in [1.82, 2.24) is 9.38 Å². The van der Waals surface area contributed by atoms with Crippen molar-refractivity contribution in [2.24, 2.45) is 0 Å². The van der Waals surface area contributed by atoms with E-state index >= 15 is 0 Å². The van der Waals surface area contributed by atoms with Crippen molar-refractivity contribution in [3.63, 3.8) is 0 Å². The van der Waals surface area contributed by atoms with Crippen LogP contribution in [0.2, 0.25) is 0 Å². The van der Waals surface area contributed by atoms with Crippen molar-refractivity contribution in [2.75, 3.05) is 11.9 Å². The van der Waals surface area contributed by atoms with Gasteiger partial charge in [-0.2, -0.15) is 0 Å². The van der Waals surface area contributed by atoms with Crippen LogP contribution in [0.3, 0.4) is 0 Å². The first kappa shape index (κ1) is 14.3. The average molecular weight is 293 g/mol. The third kappa shape index (κ3) is 2.86. The molecule has 0 saturated carbocycles. The summed E-state index contributed by atoms with van der Waals surface area (Å²) in [5.74, 6) is 0.627. The van der Waals surface area contributed by atoms with Gasteiger partial charge in [-0.3, -0.25) is 9.20 Å². The zero-order valence-corrected chi connectivity index (χ0v) is 12.8. The number of benzene rings is 1. The van der Waals surface area contributed by atoms with Gasteiger partial charge in [0.15, 0.2) is 0 Å². The average Bonchev–Trinajstić information content (AvgIpc) is 2.50. The van der Waals surface area contributed by atoms with E-state index in [1.54, 1.807) is 6.20 Å². The maximum Gasteiger partial charge on any atom is 0.259 e. The fraction of sp³-hybridized carbons (Fsp3) is 0.222. The summed E-state index contributed by atoms with van der Waals surface area (Å²) in [6.07, 6.45) is 2.64. The van der Waals surface area contributed by atoms with Crippen LogP contribution in [0.5, 0.6) is 0 Å². The molecule has 3 aromatic rings. The molecule has 0 amide bonds. The van der Waals surface area contributed by atoms with Crippen LogP contribution in [0, 0.1) is 13.8 Å². The first-order valence-corrected chi connectivity index (χ1v) is 7.42. The normalized spacial score (nSPS) is 10.8. The van der Waals surface area contributed by atoms with Gasteiger partial charge in [-0.25, -0.2) is 4.98 Å². The molecule has 0 unspecified atom stereocenters. The minimum atomic E-state index is -0.0693. The van der Waals surface area contributed by atoms with E-state index in [0.29, 0.717) is 11.5 Å². The Morgan fingerprint density at radius 1 is 1.09 bits per heavy atom. The van der Waals surface area contributed by atoms with Crippen molar-refractivity contribution in [3.05, 3.63) is 75.7 Å². The van der Waals surface area contributed by atoms with Crippen LogP contribution in [0.4, 0.5) is 5.82 Å². The van der Waals surface area contributed by atoms with Gasteiger partial charge in [0.2, 0.25) is 0 Å². The molecular weight excluding hydrogens is 274 g/mol. The molecule has 0 bridgehead atoms. The van der Waals surface area contributed by atoms with Crippen molar-refractivity contribution >= 4 is 11.5 Å². The van der Waals surface area contributed by atoms with E-state index in [9.17, 15) is 4.79 Å². The molecule has 0 fully saturated rings. The predicted molar refractivity (Wildman–Crippen MR) is 89.6 cm³/mol. The zero-order chi connectivity index (χ0) is 15.5. The quantitative estimate of drug-likeness (QED) is 0.804. The van der Waals surface area contributed by atoms with Crippen LogP contribution in [-0.2, 0) is 6.42 Å². The standard InChI is InChI=1S/C18H19N3O/c1-13-6-5-7-14(2)15(13)9-10-19-16-12-18(22)21-11-4-3-8-17(21)20-16/h3-8,11-12,19H,9-10H2,1-2H3. The molecule has 4 heteroatoms. The SMILES string of the molecule is Cc1cccc(C)c1CCNc1cc(=O)n2ccccc2n1. The highest BCUT2D eigenvalue weighted by Gasteiger charge is 2.04. The number of aryl methyl sites for hydroxylation is 2. The minimum Gasteiger partial charge on any atom is -0.370 e. The molecule has 112 valence electrons. The molecule has 1 N–H and O–H groups in total. The van der Waals surface area contributed by atoms with Gasteiger partial charge in [-0.05, 0) is 49.1 Å². The van der Waals surface area contributed by atoms with E-state index in [2.05, 4.69) is 42.3 Å². The van der Waals surface area contributed by atoms with E-state index < -0.39 is 0 Å². The van der Waals surface area contributed by atoms with Crippen LogP contribution in [0.15, 0.2) is 53.5 Å². The lowest BCUT2D eigenvalue weighted by molar-refractivity contribution is 0.969. The molecule has 3 rings (SSSR count). The van der Waals surface area contributed by atoms with Crippen molar-refractivity contribution in [3.8, 4) is 0 Å². The predicted octanol–water partition coefficient (Wildman–Crippen LogP) is 2.97. The number of aromatic nitrogens is 2. The molecule has 2 aromatic heterocycles. The van der Waals surface area contributed by atoms with Gasteiger partial charge >= 0.3 is 0 Å². The molecule has 1 aromatic carbocycles. The largest absolute Gasteiger partial charge is 0.370 e. The molecule has 0 aliphatic carbocycles. The number of anilines is 1. The Bertz CT molecular complexity index is 847. The van der Waals surface area contributed by atoms with Gasteiger partial charge in [0, 0.05) is 18.8 Å². The molecule has 0 atom stereocenters. The molecule has 0 spiro atoms. The molecule has 0 saturated heterocycles. The van der Waals surface area contributed by atoms with Crippen molar-refractivity contribution in [2.45, 2.75) is 20.3 Å². The number of nitrogens with zero attached hydrogens (tertiary/aromatic N) is 2. The maximum atomic E-state index is 12.0. The molecule has 22 heavy (non-hydrogen) atoms. The van der Waals surface area contributed by atoms with Crippen LogP contribution in [0.1, 0.15) is 16.7 Å². The second kappa shape index (κ2) is 6.02. The minimum absolute atomic E-state index is 0.0693. The zero-order valence-electron chi connectivity index (χ0n) is 12.8. The van der Waals surface area contributed by atoms with E-state index in [1.165, 1.54) is 27.2 Å². The highest BCUT2D eigenvalue weighted by Crippen LogP contribution is 2.14. The summed E-state index contributed by atoms with van der Waals surface area (Å²) in [5.41, 5.74) is 4.54. The van der Waals surface area contributed by atoms with Crippen LogP contribution >= 0.6 is 0 Å². The number of nitrogens with one attached hydrogen (secondary N) is 1. The lowest BCUT2D eigenvalue weighted by Crippen LogP contribution is -2.16. The third-order valence-corrected chi connectivity index (χ3v) is 3.90. The first-order valence-electron chi connectivity index (χ1n) is 7.42. The molecule has 0 aliphatic rings. The summed E-state index contributed by atoms with van der Waals surface area (Å²) in [4.78, 5) is 16.5. The second-order valence-electron chi connectivity index (χ2n) is 5.46. The van der Waals surface area contributed by atoms with E-state index in [4.69, 9.17) is 0 Å². The Balaban J connectivity index is 1.76. The summed E-state index contributed by atoms with van der Waals surface area (Å²) in [6.45, 7) is 5.01. The number of hydrogen-bond donors (Lipinski definition) is 1. The van der Waals surface area contributed by atoms with Gasteiger partial charge in [0.25, 0.3) is 5.56 Å². The number of fused-ring (bicyclic) bond motifs is 1. The lowest BCUT2D eigenvalue weighted by atomic mass is 10.0. The van der Waals surface area contributed by atoms with Crippen LogP contribution < -0.4 is 10.9 Å². The topological polar surface area (TPSA) is 46.4 Å². The summed E-state index contributed by atoms with van der Waals surface area (Å²) in [7, 11) is 0. The van der Waals surface area contributed by atoms with Gasteiger partial charge in [-0.15, -0.1) is 0 Å². The van der Waals surface area contributed by atoms with E-state index in [0.717, 1.165) is 13.0 Å². The molecule has 0 radical (unpaired) electrons. The summed E-state index contributed by atoms with van der Waals surface area (Å²) < 4.78 is 1.54. The Kier molecular flexibility index (Phi) is 3.92. The van der Waals surface area contributed by atoms with E-state index in [-0.39, 0.29) is 5.56 Å². The monoisotopic (exact) mass is 293 g/mol. The molecule has 4 nitrogen and oxygen atoms in total. The first-order chi connectivity index (χ1) is 10.6. The fourth-order valence-electron chi connectivity index (χ4n) is 2.70. The summed E-state index contributed by atoms with van der Waals surface area (Å²) in [6, 6.07) is 13.4. The number of pyridine rings is 1. The highest BCUT2D eigenvalue weighted by molar-refractivity contribution is 5.46. The Labute approximate surface area is 129 Å². The Hall–Kier alpha value is -2.62. The van der Waals surface area contributed by atoms with Gasteiger partial charge in [-0.1, -0.05) is 24.3 Å². The third-order valence-electron chi connectivity index (χ3n) is 3.90. The summed E-state index contributed by atoms with van der Waals surface area (Å²) >= 11 is 0. The van der Waals surface area contributed by atoms with Gasteiger partial charge in [0.05, 0.1) is 0 Å². The Morgan fingerprint density at radius 3 is 2.64 bits per heavy atom. The number of rotatable bonds is 4. The Morgan fingerprint density at radius 2 is 1.86 bits per heavy atom. The van der Waals surface area contributed by atoms with Gasteiger partial charge < -0.3 is 5.32 Å². The van der Waals surface area contributed by atoms with Crippen LogP contribution in [-0.4, -0.2) is 15.9 Å². The van der Waals surface area contributed by atoms with Crippen LogP contribution in [0.25, 0.3) is 5.65 Å². The summed E-state index contributed by atoms with van der Waals surface area (Å²) in [5, 5.41) is 3.26. The lowest BCUT2D eigenvalue weighted by Gasteiger charge is -2.11. The maximum absolute atomic E-state index is 12.0. The van der Waals surface area contributed by atoms with Crippen molar-refractivity contribution in [1.29, 1.82) is 0 Å². The highest BCUT2D eigenvalue weighted by atomic mass is 16.1. The van der Waals surface area contributed by atoms with Gasteiger partial charge in [0.1, 0.15) is 11.5 Å². The van der Waals surface area contributed by atoms with E-state index in [1.807, 2.05) is 18.2 Å². The molecule has 0 aliphatic heterocycles. The molecule has 2 heterocycles. The number of hydrogen-bond acceptors (Lipinski definition) is 3. The molecular formula is C18H19N3O. The fourth-order valence-corrected chi connectivity index (χ4v) is 2.70. The second-order valence-corrected chi connectivity index (χ2v) is 5.46. The smallest absolute Gasteiger partial charge is 0.259 e. The van der Waals surface area contributed by atoms with Crippen molar-refractivity contribution < 1.29 is 0 Å².